The molecule has 0 aromatic carbocycles. The number of likely N-dealkylation sites (N-methyl/N-ethyl adjacent to an activating group) is 1. The summed E-state index contributed by atoms with van der Waals surface area (Å²) in [6.45, 7) is 1.98. The molecule has 0 unspecified atom stereocenters. The Hall–Kier alpha value is -1.29. The van der Waals surface area contributed by atoms with Gasteiger partial charge in [-0.3, -0.25) is 0 Å². The van der Waals surface area contributed by atoms with Crippen LogP contribution >= 0.6 is 0 Å². The van der Waals surface area contributed by atoms with Gasteiger partial charge in [0.05, 0.1) is 7.11 Å². The number of methoxy groups -OCH3 is 1. The van der Waals surface area contributed by atoms with Gasteiger partial charge in [0.2, 0.25) is 5.88 Å². The normalized spacial score (nSPS) is 16.2. The minimum Gasteiger partial charge on any atom is -0.481 e. The van der Waals surface area contributed by atoms with E-state index in [1.165, 1.54) is 25.7 Å². The first-order valence-electron chi connectivity index (χ1n) is 6.75. The Bertz CT molecular complexity index is 364. The lowest BCUT2D eigenvalue weighted by Gasteiger charge is -2.24. The highest BCUT2D eigenvalue weighted by atomic mass is 16.5. The zero-order valence-corrected chi connectivity index (χ0v) is 11.4. The van der Waals surface area contributed by atoms with Crippen LogP contribution in [0, 0.1) is 0 Å². The molecule has 1 aliphatic rings. The molecule has 1 aromatic rings. The van der Waals surface area contributed by atoms with Crippen molar-refractivity contribution in [3.8, 4) is 5.88 Å². The molecule has 1 aromatic heterocycles. The van der Waals surface area contributed by atoms with Crippen LogP contribution in [-0.4, -0.2) is 43.2 Å². The standard InChI is InChI=1S/C14H23N3O/c1-17(12-6-3-4-7-12)11-10-15-13-8-5-9-14(16-13)18-2/h5,8-9,12H,3-4,6-7,10-11H2,1-2H3,(H,15,16). The average Bonchev–Trinajstić information content (AvgIpc) is 2.93. The lowest BCUT2D eigenvalue weighted by atomic mass is 10.2. The Morgan fingerprint density at radius 3 is 2.89 bits per heavy atom. The van der Waals surface area contributed by atoms with E-state index in [-0.39, 0.29) is 0 Å². The SMILES string of the molecule is COc1cccc(NCCN(C)C2CCCC2)n1. The van der Waals surface area contributed by atoms with E-state index >= 15 is 0 Å². The maximum Gasteiger partial charge on any atom is 0.214 e. The number of nitrogens with one attached hydrogen (secondary N) is 1. The molecule has 4 nitrogen and oxygen atoms in total. The highest BCUT2D eigenvalue weighted by Gasteiger charge is 2.18. The van der Waals surface area contributed by atoms with E-state index in [9.17, 15) is 0 Å². The van der Waals surface area contributed by atoms with Gasteiger partial charge in [-0.15, -0.1) is 0 Å². The van der Waals surface area contributed by atoms with Gasteiger partial charge in [-0.05, 0) is 26.0 Å². The van der Waals surface area contributed by atoms with Gasteiger partial charge in [0.1, 0.15) is 5.82 Å². The zero-order chi connectivity index (χ0) is 12.8. The molecule has 0 saturated heterocycles. The molecule has 18 heavy (non-hydrogen) atoms. The fraction of sp³-hybridized carbons (Fsp3) is 0.643. The number of pyridine rings is 1. The molecule has 0 aliphatic heterocycles. The van der Waals surface area contributed by atoms with Crippen molar-refractivity contribution in [2.75, 3.05) is 32.6 Å². The van der Waals surface area contributed by atoms with E-state index in [0.29, 0.717) is 5.88 Å². The molecule has 1 heterocycles. The van der Waals surface area contributed by atoms with Crippen LogP contribution in [-0.2, 0) is 0 Å². The molecule has 1 N–H and O–H groups in total. The molecule has 0 spiro atoms. The van der Waals surface area contributed by atoms with Crippen molar-refractivity contribution >= 4 is 5.82 Å². The molecule has 2 rings (SSSR count). The first-order chi connectivity index (χ1) is 8.79. The molecular formula is C14H23N3O. The maximum absolute atomic E-state index is 5.10. The summed E-state index contributed by atoms with van der Waals surface area (Å²) in [7, 11) is 3.86. The zero-order valence-electron chi connectivity index (χ0n) is 11.4. The molecule has 0 amide bonds. The Morgan fingerprint density at radius 2 is 2.17 bits per heavy atom. The molecule has 4 heteroatoms. The van der Waals surface area contributed by atoms with E-state index in [1.54, 1.807) is 7.11 Å². The Labute approximate surface area is 109 Å². The van der Waals surface area contributed by atoms with Crippen LogP contribution in [0.15, 0.2) is 18.2 Å². The minimum absolute atomic E-state index is 0.657. The fourth-order valence-electron chi connectivity index (χ4n) is 2.51. The van der Waals surface area contributed by atoms with Crippen LogP contribution in [0.5, 0.6) is 5.88 Å². The third-order valence-corrected chi connectivity index (χ3v) is 3.65. The van der Waals surface area contributed by atoms with Crippen molar-refractivity contribution in [2.45, 2.75) is 31.7 Å². The van der Waals surface area contributed by atoms with Crippen LogP contribution in [0.4, 0.5) is 5.82 Å². The van der Waals surface area contributed by atoms with Crippen molar-refractivity contribution in [3.05, 3.63) is 18.2 Å². The Morgan fingerprint density at radius 1 is 1.39 bits per heavy atom. The lowest BCUT2D eigenvalue weighted by molar-refractivity contribution is 0.254. The molecule has 1 aliphatic carbocycles. The van der Waals surface area contributed by atoms with Crippen molar-refractivity contribution in [1.29, 1.82) is 0 Å². The van der Waals surface area contributed by atoms with Crippen molar-refractivity contribution in [2.24, 2.45) is 0 Å². The van der Waals surface area contributed by atoms with Gasteiger partial charge in [-0.2, -0.15) is 4.98 Å². The number of aromatic nitrogens is 1. The summed E-state index contributed by atoms with van der Waals surface area (Å²) in [5.41, 5.74) is 0. The third kappa shape index (κ3) is 3.60. The maximum atomic E-state index is 5.10. The number of rotatable bonds is 6. The number of hydrogen-bond donors (Lipinski definition) is 1. The summed E-state index contributed by atoms with van der Waals surface area (Å²) in [6.07, 6.45) is 5.49. The van der Waals surface area contributed by atoms with Gasteiger partial charge in [0, 0.05) is 25.2 Å². The van der Waals surface area contributed by atoms with E-state index in [1.807, 2.05) is 18.2 Å². The monoisotopic (exact) mass is 249 g/mol. The first-order valence-corrected chi connectivity index (χ1v) is 6.75. The van der Waals surface area contributed by atoms with Gasteiger partial charge in [-0.1, -0.05) is 18.9 Å². The smallest absolute Gasteiger partial charge is 0.214 e. The van der Waals surface area contributed by atoms with Crippen LogP contribution in [0.25, 0.3) is 0 Å². The lowest BCUT2D eigenvalue weighted by Crippen LogP contribution is -2.33. The molecule has 0 radical (unpaired) electrons. The molecule has 100 valence electrons. The highest BCUT2D eigenvalue weighted by molar-refractivity contribution is 5.36. The second-order valence-electron chi connectivity index (χ2n) is 4.91. The van der Waals surface area contributed by atoms with E-state index in [0.717, 1.165) is 24.9 Å². The number of hydrogen-bond acceptors (Lipinski definition) is 4. The largest absolute Gasteiger partial charge is 0.481 e. The van der Waals surface area contributed by atoms with Gasteiger partial charge in [-0.25, -0.2) is 0 Å². The van der Waals surface area contributed by atoms with E-state index in [2.05, 4.69) is 22.2 Å². The van der Waals surface area contributed by atoms with Gasteiger partial charge < -0.3 is 15.0 Å². The van der Waals surface area contributed by atoms with Crippen LogP contribution in [0.1, 0.15) is 25.7 Å². The molecule has 1 fully saturated rings. The topological polar surface area (TPSA) is 37.4 Å². The van der Waals surface area contributed by atoms with E-state index in [4.69, 9.17) is 4.74 Å². The number of ether oxygens (including phenoxy) is 1. The van der Waals surface area contributed by atoms with Gasteiger partial charge in [0.25, 0.3) is 0 Å². The predicted octanol–water partition coefficient (Wildman–Crippen LogP) is 2.38. The second kappa shape index (κ2) is 6.59. The second-order valence-corrected chi connectivity index (χ2v) is 4.91. The number of nitrogens with zero attached hydrogens (tertiary/aromatic N) is 2. The highest BCUT2D eigenvalue weighted by Crippen LogP contribution is 2.22. The van der Waals surface area contributed by atoms with Gasteiger partial charge >= 0.3 is 0 Å². The Balaban J connectivity index is 1.73. The molecule has 0 bridgehead atoms. The Kier molecular flexibility index (Phi) is 4.81. The molecular weight excluding hydrogens is 226 g/mol. The summed E-state index contributed by atoms with van der Waals surface area (Å²) in [5, 5.41) is 3.34. The van der Waals surface area contributed by atoms with Crippen LogP contribution in [0.2, 0.25) is 0 Å². The first kappa shape index (κ1) is 13.1. The summed E-state index contributed by atoms with van der Waals surface area (Å²) < 4.78 is 5.10. The molecule has 0 atom stereocenters. The van der Waals surface area contributed by atoms with Crippen LogP contribution < -0.4 is 10.1 Å². The molecule has 1 saturated carbocycles. The van der Waals surface area contributed by atoms with Crippen LogP contribution in [0.3, 0.4) is 0 Å². The third-order valence-electron chi connectivity index (χ3n) is 3.65. The van der Waals surface area contributed by atoms with E-state index < -0.39 is 0 Å². The summed E-state index contributed by atoms with van der Waals surface area (Å²) >= 11 is 0. The summed E-state index contributed by atoms with van der Waals surface area (Å²) in [4.78, 5) is 6.79. The summed E-state index contributed by atoms with van der Waals surface area (Å²) in [5.74, 6) is 1.54. The number of anilines is 1. The average molecular weight is 249 g/mol. The van der Waals surface area contributed by atoms with Crippen molar-refractivity contribution in [3.63, 3.8) is 0 Å². The predicted molar refractivity (Wildman–Crippen MR) is 74.2 cm³/mol. The summed E-state index contributed by atoms with van der Waals surface area (Å²) in [6, 6.07) is 6.56. The minimum atomic E-state index is 0.657. The quantitative estimate of drug-likeness (QED) is 0.840. The fourth-order valence-corrected chi connectivity index (χ4v) is 2.51. The van der Waals surface area contributed by atoms with Crippen molar-refractivity contribution in [1.82, 2.24) is 9.88 Å². The van der Waals surface area contributed by atoms with Crippen molar-refractivity contribution < 1.29 is 4.74 Å². The van der Waals surface area contributed by atoms with Gasteiger partial charge in [0.15, 0.2) is 0 Å².